The van der Waals surface area contributed by atoms with Gasteiger partial charge in [-0.3, -0.25) is 9.36 Å². The van der Waals surface area contributed by atoms with Crippen LogP contribution in [0.5, 0.6) is 5.75 Å². The molecule has 0 fully saturated rings. The molecule has 0 amide bonds. The van der Waals surface area contributed by atoms with Crippen molar-refractivity contribution in [2.45, 2.75) is 12.5 Å². The minimum Gasteiger partial charge on any atom is -0.508 e. The van der Waals surface area contributed by atoms with Crippen LogP contribution in [0.2, 0.25) is 0 Å². The van der Waals surface area contributed by atoms with Gasteiger partial charge in [0.05, 0.1) is 17.2 Å². The number of aliphatic carboxylic acids is 1. The molecule has 6 heteroatoms. The summed E-state index contributed by atoms with van der Waals surface area (Å²) >= 11 is 0. The van der Waals surface area contributed by atoms with E-state index in [1.54, 1.807) is 36.4 Å². The van der Waals surface area contributed by atoms with E-state index in [4.69, 9.17) is 0 Å². The maximum atomic E-state index is 12.5. The van der Waals surface area contributed by atoms with Gasteiger partial charge in [-0.2, -0.15) is 0 Å². The van der Waals surface area contributed by atoms with Crippen LogP contribution in [0.25, 0.3) is 10.9 Å². The average Bonchev–Trinajstić information content (AvgIpc) is 2.55. The van der Waals surface area contributed by atoms with E-state index in [1.165, 1.54) is 18.5 Å². The molecule has 0 aliphatic rings. The third kappa shape index (κ3) is 2.91. The van der Waals surface area contributed by atoms with Gasteiger partial charge in [0.2, 0.25) is 0 Å². The summed E-state index contributed by atoms with van der Waals surface area (Å²) in [7, 11) is 0. The Bertz CT molecular complexity index is 916. The molecule has 3 rings (SSSR count). The molecule has 23 heavy (non-hydrogen) atoms. The molecule has 0 saturated heterocycles. The summed E-state index contributed by atoms with van der Waals surface area (Å²) in [4.78, 5) is 28.3. The van der Waals surface area contributed by atoms with Crippen molar-refractivity contribution >= 4 is 16.9 Å². The van der Waals surface area contributed by atoms with Crippen molar-refractivity contribution in [3.8, 4) is 5.75 Å². The van der Waals surface area contributed by atoms with Crippen molar-refractivity contribution in [3.05, 3.63) is 70.8 Å². The second kappa shape index (κ2) is 5.92. The number of benzene rings is 2. The van der Waals surface area contributed by atoms with Crippen molar-refractivity contribution in [1.29, 1.82) is 0 Å². The highest BCUT2D eigenvalue weighted by Crippen LogP contribution is 2.17. The number of carboxylic acids is 1. The monoisotopic (exact) mass is 310 g/mol. The van der Waals surface area contributed by atoms with Gasteiger partial charge in [0.1, 0.15) is 11.8 Å². The molecule has 0 aliphatic carbocycles. The fourth-order valence-electron chi connectivity index (χ4n) is 2.46. The number of rotatable bonds is 4. The van der Waals surface area contributed by atoms with Crippen LogP contribution >= 0.6 is 0 Å². The molecular formula is C17H14N2O4. The molecule has 3 aromatic rings. The fraction of sp³-hybridized carbons (Fsp3) is 0.118. The van der Waals surface area contributed by atoms with Crippen LogP contribution in [-0.4, -0.2) is 25.7 Å². The number of carboxylic acid groups (broad SMARTS) is 1. The van der Waals surface area contributed by atoms with Crippen LogP contribution in [0.3, 0.4) is 0 Å². The third-order valence-electron chi connectivity index (χ3n) is 3.68. The summed E-state index contributed by atoms with van der Waals surface area (Å²) in [5.41, 5.74) is 0.847. The second-order valence-corrected chi connectivity index (χ2v) is 5.20. The average molecular weight is 310 g/mol. The number of fused-ring (bicyclic) bond motifs is 1. The number of phenolic OH excluding ortho intramolecular Hbond substituents is 1. The molecule has 0 bridgehead atoms. The molecule has 0 radical (unpaired) electrons. The summed E-state index contributed by atoms with van der Waals surface area (Å²) in [5, 5.41) is 19.2. The van der Waals surface area contributed by atoms with Crippen molar-refractivity contribution in [3.63, 3.8) is 0 Å². The number of aromatic nitrogens is 2. The first-order valence-corrected chi connectivity index (χ1v) is 7.03. The quantitative estimate of drug-likeness (QED) is 0.768. The van der Waals surface area contributed by atoms with Crippen LogP contribution in [0.1, 0.15) is 11.6 Å². The van der Waals surface area contributed by atoms with E-state index >= 15 is 0 Å². The molecule has 2 aromatic carbocycles. The van der Waals surface area contributed by atoms with Crippen LogP contribution in [0.4, 0.5) is 0 Å². The summed E-state index contributed by atoms with van der Waals surface area (Å²) in [5.74, 6) is -1.01. The van der Waals surface area contributed by atoms with Gasteiger partial charge in [-0.15, -0.1) is 0 Å². The molecule has 0 unspecified atom stereocenters. The lowest BCUT2D eigenvalue weighted by molar-refractivity contribution is -0.141. The zero-order valence-corrected chi connectivity index (χ0v) is 12.1. The Morgan fingerprint density at radius 2 is 1.83 bits per heavy atom. The smallest absolute Gasteiger partial charge is 0.327 e. The van der Waals surface area contributed by atoms with E-state index < -0.39 is 12.0 Å². The van der Waals surface area contributed by atoms with Gasteiger partial charge in [-0.1, -0.05) is 24.3 Å². The molecule has 0 saturated carbocycles. The summed E-state index contributed by atoms with van der Waals surface area (Å²) in [6.45, 7) is 0. The zero-order chi connectivity index (χ0) is 16.4. The molecule has 0 aliphatic heterocycles. The zero-order valence-electron chi connectivity index (χ0n) is 12.1. The normalized spacial score (nSPS) is 12.2. The van der Waals surface area contributed by atoms with Gasteiger partial charge in [0.15, 0.2) is 0 Å². The number of para-hydroxylation sites is 1. The molecule has 6 nitrogen and oxygen atoms in total. The first-order valence-electron chi connectivity index (χ1n) is 7.03. The Kier molecular flexibility index (Phi) is 3.80. The number of aromatic hydroxyl groups is 1. The van der Waals surface area contributed by atoms with Crippen molar-refractivity contribution in [2.75, 3.05) is 0 Å². The van der Waals surface area contributed by atoms with E-state index in [0.29, 0.717) is 16.5 Å². The van der Waals surface area contributed by atoms with Crippen LogP contribution < -0.4 is 5.56 Å². The summed E-state index contributed by atoms with van der Waals surface area (Å²) in [6, 6.07) is 12.0. The molecule has 1 heterocycles. The number of hydrogen-bond donors (Lipinski definition) is 2. The number of hydrogen-bond acceptors (Lipinski definition) is 4. The van der Waals surface area contributed by atoms with Crippen molar-refractivity contribution < 1.29 is 15.0 Å². The highest BCUT2D eigenvalue weighted by molar-refractivity contribution is 5.78. The minimum absolute atomic E-state index is 0.102. The Morgan fingerprint density at radius 1 is 1.13 bits per heavy atom. The Balaban J connectivity index is 2.05. The topological polar surface area (TPSA) is 92.4 Å². The lowest BCUT2D eigenvalue weighted by atomic mass is 10.1. The van der Waals surface area contributed by atoms with E-state index in [9.17, 15) is 19.8 Å². The molecule has 1 aromatic heterocycles. The SMILES string of the molecule is O=C(O)[C@H](Cc1ccc(O)cc1)n1cnc2ccccc2c1=O. The Hall–Kier alpha value is -3.15. The predicted octanol–water partition coefficient (Wildman–Crippen LogP) is 1.97. The van der Waals surface area contributed by atoms with Gasteiger partial charge in [0.25, 0.3) is 5.56 Å². The van der Waals surface area contributed by atoms with Gasteiger partial charge in [0, 0.05) is 6.42 Å². The maximum Gasteiger partial charge on any atom is 0.327 e. The van der Waals surface area contributed by atoms with Crippen LogP contribution in [0.15, 0.2) is 59.7 Å². The van der Waals surface area contributed by atoms with E-state index in [-0.39, 0.29) is 17.7 Å². The van der Waals surface area contributed by atoms with Crippen LogP contribution in [0, 0.1) is 0 Å². The van der Waals surface area contributed by atoms with Gasteiger partial charge in [-0.05, 0) is 29.8 Å². The Morgan fingerprint density at radius 3 is 2.52 bits per heavy atom. The number of phenols is 1. The van der Waals surface area contributed by atoms with E-state index in [1.807, 2.05) is 0 Å². The lowest BCUT2D eigenvalue weighted by Gasteiger charge is -2.16. The third-order valence-corrected chi connectivity index (χ3v) is 3.68. The highest BCUT2D eigenvalue weighted by Gasteiger charge is 2.22. The Labute approximate surface area is 131 Å². The van der Waals surface area contributed by atoms with Gasteiger partial charge in [-0.25, -0.2) is 9.78 Å². The van der Waals surface area contributed by atoms with E-state index in [2.05, 4.69) is 4.98 Å². The summed E-state index contributed by atoms with van der Waals surface area (Å²) < 4.78 is 1.14. The van der Waals surface area contributed by atoms with Crippen molar-refractivity contribution in [1.82, 2.24) is 9.55 Å². The molecule has 116 valence electrons. The standard InChI is InChI=1S/C17H14N2O4/c20-12-7-5-11(6-8-12)9-15(17(22)23)19-10-18-14-4-2-1-3-13(14)16(19)21/h1-8,10,15,20H,9H2,(H,22,23)/t15-/m0/s1. The lowest BCUT2D eigenvalue weighted by Crippen LogP contribution is -2.31. The van der Waals surface area contributed by atoms with Gasteiger partial charge < -0.3 is 10.2 Å². The van der Waals surface area contributed by atoms with Gasteiger partial charge >= 0.3 is 5.97 Å². The van der Waals surface area contributed by atoms with E-state index in [0.717, 1.165) is 4.57 Å². The first-order chi connectivity index (χ1) is 11.1. The minimum atomic E-state index is -1.11. The van der Waals surface area contributed by atoms with Crippen molar-refractivity contribution in [2.24, 2.45) is 0 Å². The maximum absolute atomic E-state index is 12.5. The van der Waals surface area contributed by atoms with Crippen LogP contribution in [-0.2, 0) is 11.2 Å². The first kappa shape index (κ1) is 14.8. The molecule has 0 spiro atoms. The number of nitrogens with zero attached hydrogens (tertiary/aromatic N) is 2. The summed E-state index contributed by atoms with van der Waals surface area (Å²) in [6.07, 6.45) is 1.39. The molecule has 2 N–H and O–H groups in total. The highest BCUT2D eigenvalue weighted by atomic mass is 16.4. The number of carbonyl (C=O) groups is 1. The largest absolute Gasteiger partial charge is 0.508 e. The second-order valence-electron chi connectivity index (χ2n) is 5.20. The molecular weight excluding hydrogens is 296 g/mol. The fourth-order valence-corrected chi connectivity index (χ4v) is 2.46. The molecule has 1 atom stereocenters. The predicted molar refractivity (Wildman–Crippen MR) is 84.5 cm³/mol.